The zero-order chi connectivity index (χ0) is 16.9. The number of hydrogen-bond acceptors (Lipinski definition) is 3. The minimum Gasteiger partial charge on any atom is -0.488 e. The highest BCUT2D eigenvalue weighted by Crippen LogP contribution is 2.29. The van der Waals surface area contributed by atoms with Crippen LogP contribution in [0.25, 0.3) is 6.08 Å². The Kier molecular flexibility index (Phi) is 4.64. The smallest absolute Gasteiger partial charge is 0.248 e. The van der Waals surface area contributed by atoms with Crippen molar-refractivity contribution < 1.29 is 9.53 Å². The number of anilines is 1. The topological polar surface area (TPSA) is 62.1 Å². The lowest BCUT2D eigenvalue weighted by atomic mass is 10.1. The molecule has 0 saturated heterocycles. The first-order chi connectivity index (χ1) is 11.6. The second-order valence-electron chi connectivity index (χ2n) is 5.20. The van der Waals surface area contributed by atoms with Crippen molar-refractivity contribution in [2.75, 3.05) is 11.9 Å². The molecule has 1 N–H and O–H groups in total. The first-order valence-corrected chi connectivity index (χ1v) is 7.64. The molecule has 3 rings (SSSR count). The number of halogens is 1. The van der Waals surface area contributed by atoms with Gasteiger partial charge in [0.05, 0.1) is 11.6 Å². The summed E-state index contributed by atoms with van der Waals surface area (Å²) in [6.45, 7) is 0.398. The molecule has 0 fully saturated rings. The van der Waals surface area contributed by atoms with E-state index >= 15 is 0 Å². The van der Waals surface area contributed by atoms with Crippen molar-refractivity contribution in [3.05, 3.63) is 76.3 Å². The molecule has 0 atom stereocenters. The van der Waals surface area contributed by atoms with E-state index in [0.717, 1.165) is 16.9 Å². The van der Waals surface area contributed by atoms with Crippen LogP contribution in [0.5, 0.6) is 5.75 Å². The zero-order valence-electron chi connectivity index (χ0n) is 12.6. The van der Waals surface area contributed by atoms with Gasteiger partial charge in [-0.3, -0.25) is 4.79 Å². The van der Waals surface area contributed by atoms with Gasteiger partial charge in [0.15, 0.2) is 0 Å². The molecule has 0 bridgehead atoms. The molecule has 0 aromatic heterocycles. The zero-order valence-corrected chi connectivity index (χ0v) is 13.4. The molecule has 0 aliphatic carbocycles. The van der Waals surface area contributed by atoms with Crippen LogP contribution >= 0.6 is 11.6 Å². The summed E-state index contributed by atoms with van der Waals surface area (Å²) in [6, 6.07) is 14.1. The molecule has 24 heavy (non-hydrogen) atoms. The van der Waals surface area contributed by atoms with Crippen LogP contribution in [0.15, 0.2) is 60.2 Å². The summed E-state index contributed by atoms with van der Waals surface area (Å²) in [5.41, 5.74) is 2.95. The molecule has 1 amide bonds. The van der Waals surface area contributed by atoms with Crippen molar-refractivity contribution in [2.45, 2.75) is 0 Å². The molecule has 0 spiro atoms. The Morgan fingerprint density at radius 1 is 1.25 bits per heavy atom. The van der Waals surface area contributed by atoms with Crippen molar-refractivity contribution in [1.82, 2.24) is 0 Å². The van der Waals surface area contributed by atoms with Crippen molar-refractivity contribution in [2.24, 2.45) is 0 Å². The maximum absolute atomic E-state index is 12.0. The third-order valence-corrected chi connectivity index (χ3v) is 3.67. The van der Waals surface area contributed by atoms with Crippen molar-refractivity contribution in [3.8, 4) is 11.8 Å². The van der Waals surface area contributed by atoms with Gasteiger partial charge in [0, 0.05) is 22.3 Å². The number of hydrogen-bond donors (Lipinski definition) is 1. The predicted molar refractivity (Wildman–Crippen MR) is 93.9 cm³/mol. The second-order valence-corrected chi connectivity index (χ2v) is 5.64. The summed E-state index contributed by atoms with van der Waals surface area (Å²) in [5, 5.41) is 12.1. The fourth-order valence-corrected chi connectivity index (χ4v) is 2.44. The fourth-order valence-electron chi connectivity index (χ4n) is 2.26. The van der Waals surface area contributed by atoms with Crippen molar-refractivity contribution >= 4 is 29.3 Å². The second kappa shape index (κ2) is 7.03. The Bertz CT molecular complexity index is 877. The number of rotatable bonds is 3. The van der Waals surface area contributed by atoms with Crippen LogP contribution in [0.4, 0.5) is 5.69 Å². The number of carbonyl (C=O) groups excluding carboxylic acids is 1. The van der Waals surface area contributed by atoms with E-state index in [2.05, 4.69) is 5.32 Å². The van der Waals surface area contributed by atoms with Gasteiger partial charge in [-0.1, -0.05) is 17.7 Å². The van der Waals surface area contributed by atoms with Crippen LogP contribution in [0.3, 0.4) is 0 Å². The normalized spacial score (nSPS) is 12.8. The number of fused-ring (bicyclic) bond motifs is 1. The van der Waals surface area contributed by atoms with E-state index in [4.69, 9.17) is 21.6 Å². The molecule has 0 unspecified atom stereocenters. The maximum atomic E-state index is 12.0. The average molecular weight is 337 g/mol. The van der Waals surface area contributed by atoms with E-state index < -0.39 is 0 Å². The van der Waals surface area contributed by atoms with Gasteiger partial charge in [0.25, 0.3) is 0 Å². The van der Waals surface area contributed by atoms with E-state index in [0.29, 0.717) is 22.9 Å². The summed E-state index contributed by atoms with van der Waals surface area (Å²) in [4.78, 5) is 12.0. The third kappa shape index (κ3) is 3.83. The Hall–Kier alpha value is -3.03. The third-order valence-electron chi connectivity index (χ3n) is 3.44. The lowest BCUT2D eigenvalue weighted by Crippen LogP contribution is -2.09. The molecule has 0 radical (unpaired) electrons. The first-order valence-electron chi connectivity index (χ1n) is 7.26. The van der Waals surface area contributed by atoms with Crippen LogP contribution in [0.1, 0.15) is 11.1 Å². The van der Waals surface area contributed by atoms with Crippen LogP contribution in [0.2, 0.25) is 5.02 Å². The van der Waals surface area contributed by atoms with Gasteiger partial charge in [0.2, 0.25) is 5.91 Å². The molecule has 2 aromatic carbocycles. The molecule has 4 nitrogen and oxygen atoms in total. The summed E-state index contributed by atoms with van der Waals surface area (Å²) in [6.07, 6.45) is 5.10. The van der Waals surface area contributed by atoms with Crippen LogP contribution in [0, 0.1) is 11.3 Å². The number of carbonyl (C=O) groups is 1. The highest BCUT2D eigenvalue weighted by molar-refractivity contribution is 6.30. The van der Waals surface area contributed by atoms with Gasteiger partial charge in [-0.15, -0.1) is 0 Å². The molecule has 1 heterocycles. The Balaban J connectivity index is 1.67. The number of ether oxygens (including phenoxy) is 1. The van der Waals surface area contributed by atoms with Gasteiger partial charge in [-0.05, 0) is 54.1 Å². The van der Waals surface area contributed by atoms with Crippen molar-refractivity contribution in [1.29, 1.82) is 5.26 Å². The van der Waals surface area contributed by atoms with E-state index in [-0.39, 0.29) is 5.91 Å². The summed E-state index contributed by atoms with van der Waals surface area (Å²) in [7, 11) is 0. The van der Waals surface area contributed by atoms with Gasteiger partial charge in [-0.2, -0.15) is 5.26 Å². The van der Waals surface area contributed by atoms with Crippen LogP contribution in [-0.2, 0) is 4.79 Å². The van der Waals surface area contributed by atoms with Crippen LogP contribution in [-0.4, -0.2) is 12.5 Å². The molecule has 5 heteroatoms. The molecule has 2 aromatic rings. The summed E-state index contributed by atoms with van der Waals surface area (Å²) < 4.78 is 5.63. The quantitative estimate of drug-likeness (QED) is 0.855. The van der Waals surface area contributed by atoms with E-state index in [1.807, 2.05) is 24.3 Å². The van der Waals surface area contributed by atoms with Gasteiger partial charge >= 0.3 is 0 Å². The number of benzene rings is 2. The number of nitrogens with one attached hydrogen (secondary N) is 1. The van der Waals surface area contributed by atoms with Crippen molar-refractivity contribution in [3.63, 3.8) is 0 Å². The lowest BCUT2D eigenvalue weighted by molar-refractivity contribution is -0.111. The Morgan fingerprint density at radius 3 is 2.79 bits per heavy atom. The van der Waals surface area contributed by atoms with Gasteiger partial charge < -0.3 is 10.1 Å². The standard InChI is InChI=1S/C19H13ClN2O2/c20-16-4-7-18-15(10-16)9-14(12-24-18)3-8-19(23)22-17-5-1-13(11-21)2-6-17/h1-10H,12H2,(H,22,23)/b8-3+. The average Bonchev–Trinajstić information content (AvgIpc) is 2.60. The fraction of sp³-hybridized carbons (Fsp3) is 0.0526. The molecule has 0 saturated carbocycles. The predicted octanol–water partition coefficient (Wildman–Crippen LogP) is 4.18. The van der Waals surface area contributed by atoms with Crippen LogP contribution < -0.4 is 10.1 Å². The van der Waals surface area contributed by atoms with Gasteiger partial charge in [0.1, 0.15) is 12.4 Å². The highest BCUT2D eigenvalue weighted by atomic mass is 35.5. The number of nitriles is 1. The SMILES string of the molecule is N#Cc1ccc(NC(=O)/C=C/C2=Cc3cc(Cl)ccc3OC2)cc1. The first kappa shape index (κ1) is 15.9. The summed E-state index contributed by atoms with van der Waals surface area (Å²) in [5.74, 6) is 0.524. The molecular weight excluding hydrogens is 324 g/mol. The molecular formula is C19H13ClN2O2. The number of amides is 1. The highest BCUT2D eigenvalue weighted by Gasteiger charge is 2.10. The van der Waals surface area contributed by atoms with E-state index in [1.54, 1.807) is 36.4 Å². The Morgan fingerprint density at radius 2 is 2.04 bits per heavy atom. The summed E-state index contributed by atoms with van der Waals surface area (Å²) >= 11 is 5.98. The molecule has 118 valence electrons. The van der Waals surface area contributed by atoms with E-state index in [1.165, 1.54) is 6.08 Å². The van der Waals surface area contributed by atoms with Gasteiger partial charge in [-0.25, -0.2) is 0 Å². The molecule has 1 aliphatic rings. The molecule has 1 aliphatic heterocycles. The number of nitrogens with zero attached hydrogens (tertiary/aromatic N) is 1. The Labute approximate surface area is 144 Å². The monoisotopic (exact) mass is 336 g/mol. The van der Waals surface area contributed by atoms with E-state index in [9.17, 15) is 4.79 Å². The largest absolute Gasteiger partial charge is 0.488 e. The lowest BCUT2D eigenvalue weighted by Gasteiger charge is -2.16. The minimum absolute atomic E-state index is 0.252. The maximum Gasteiger partial charge on any atom is 0.248 e. The minimum atomic E-state index is -0.252.